The predicted molar refractivity (Wildman–Crippen MR) is 140 cm³/mol. The summed E-state index contributed by atoms with van der Waals surface area (Å²) in [6.45, 7) is 8.57. The highest BCUT2D eigenvalue weighted by Gasteiger charge is 2.34. The van der Waals surface area contributed by atoms with E-state index in [-0.39, 0.29) is 0 Å². The molecule has 2 aromatic carbocycles. The smallest absolute Gasteiger partial charge is 0.225 e. The van der Waals surface area contributed by atoms with Gasteiger partial charge < -0.3 is 9.30 Å². The van der Waals surface area contributed by atoms with Crippen molar-refractivity contribution in [3.05, 3.63) is 83.7 Å². The number of carbonyl (C=O) groups excluding carboxylic acids is 1. The minimum absolute atomic E-state index is 0.300. The number of aromatic nitrogens is 2. The number of imidazole rings is 1. The molecule has 2 aliphatic rings. The Morgan fingerprint density at radius 3 is 2.43 bits per heavy atom. The van der Waals surface area contributed by atoms with E-state index < -0.39 is 0 Å². The molecule has 1 saturated heterocycles. The van der Waals surface area contributed by atoms with Crippen LogP contribution >= 0.6 is 0 Å². The molecule has 0 bridgehead atoms. The van der Waals surface area contributed by atoms with Gasteiger partial charge in [-0.1, -0.05) is 54.1 Å². The molecule has 35 heavy (non-hydrogen) atoms. The Morgan fingerprint density at radius 1 is 0.914 bits per heavy atom. The van der Waals surface area contributed by atoms with Gasteiger partial charge in [-0.25, -0.2) is 4.98 Å². The molecule has 3 heterocycles. The number of hydrogen-bond donors (Lipinski definition) is 0. The molecule has 178 valence electrons. The molecule has 6 rings (SSSR count). The second kappa shape index (κ2) is 8.97. The van der Waals surface area contributed by atoms with Gasteiger partial charge in [-0.05, 0) is 55.5 Å². The van der Waals surface area contributed by atoms with Crippen LogP contribution in [0.5, 0.6) is 0 Å². The van der Waals surface area contributed by atoms with Crippen LogP contribution in [0.2, 0.25) is 0 Å². The van der Waals surface area contributed by atoms with Crippen molar-refractivity contribution in [3.8, 4) is 22.4 Å². The minimum atomic E-state index is 0.300. The van der Waals surface area contributed by atoms with Crippen molar-refractivity contribution in [2.45, 2.75) is 33.2 Å². The molecule has 5 heteroatoms. The fourth-order valence-corrected chi connectivity index (χ4v) is 5.20. The van der Waals surface area contributed by atoms with Gasteiger partial charge in [0, 0.05) is 50.4 Å². The van der Waals surface area contributed by atoms with Crippen molar-refractivity contribution < 1.29 is 4.79 Å². The molecule has 0 unspecified atom stereocenters. The first kappa shape index (κ1) is 22.1. The van der Waals surface area contributed by atoms with Gasteiger partial charge in [-0.15, -0.1) is 0 Å². The van der Waals surface area contributed by atoms with Gasteiger partial charge in [0.15, 0.2) is 0 Å². The highest BCUT2D eigenvalue weighted by atomic mass is 16.2. The average Bonchev–Trinajstić information content (AvgIpc) is 3.68. The molecule has 2 aromatic heterocycles. The Kier molecular flexibility index (Phi) is 5.65. The second-order valence-electron chi connectivity index (χ2n) is 10.1. The van der Waals surface area contributed by atoms with E-state index in [2.05, 4.69) is 88.8 Å². The monoisotopic (exact) mass is 464 g/mol. The SMILES string of the molecule is Cc1ccc(C)c(-c2ccc3nc(-c4ccccc4)c(CN4CCN(C(=O)C5CC5)CC4)n3c2)c1. The van der Waals surface area contributed by atoms with E-state index in [1.54, 1.807) is 0 Å². The van der Waals surface area contributed by atoms with Gasteiger partial charge in [0.2, 0.25) is 5.91 Å². The Balaban J connectivity index is 1.36. The molecule has 1 saturated carbocycles. The van der Waals surface area contributed by atoms with Crippen LogP contribution in [0.15, 0.2) is 66.9 Å². The van der Waals surface area contributed by atoms with Gasteiger partial charge >= 0.3 is 0 Å². The lowest BCUT2D eigenvalue weighted by Gasteiger charge is -2.35. The third-order valence-corrected chi connectivity index (χ3v) is 7.45. The van der Waals surface area contributed by atoms with Crippen molar-refractivity contribution >= 4 is 11.6 Å². The molecule has 1 amide bonds. The lowest BCUT2D eigenvalue weighted by Crippen LogP contribution is -2.48. The number of rotatable bonds is 5. The highest BCUT2D eigenvalue weighted by Crippen LogP contribution is 2.32. The molecule has 0 spiro atoms. The number of pyridine rings is 1. The molecule has 0 radical (unpaired) electrons. The fourth-order valence-electron chi connectivity index (χ4n) is 5.20. The van der Waals surface area contributed by atoms with Crippen molar-refractivity contribution in [1.82, 2.24) is 19.2 Å². The van der Waals surface area contributed by atoms with Crippen molar-refractivity contribution in [1.29, 1.82) is 0 Å². The summed E-state index contributed by atoms with van der Waals surface area (Å²) in [6, 6.07) is 21.4. The van der Waals surface area contributed by atoms with Crippen LogP contribution in [0.3, 0.4) is 0 Å². The van der Waals surface area contributed by atoms with Gasteiger partial charge in [-0.3, -0.25) is 9.69 Å². The Bertz CT molecular complexity index is 1380. The third kappa shape index (κ3) is 4.37. The maximum Gasteiger partial charge on any atom is 0.225 e. The average molecular weight is 465 g/mol. The summed E-state index contributed by atoms with van der Waals surface area (Å²) in [5.74, 6) is 0.663. The molecule has 5 nitrogen and oxygen atoms in total. The summed E-state index contributed by atoms with van der Waals surface area (Å²) in [5.41, 5.74) is 9.37. The van der Waals surface area contributed by atoms with E-state index >= 15 is 0 Å². The number of fused-ring (bicyclic) bond motifs is 1. The molecule has 4 aromatic rings. The number of carbonyl (C=O) groups is 1. The summed E-state index contributed by atoms with van der Waals surface area (Å²) >= 11 is 0. The van der Waals surface area contributed by atoms with E-state index in [0.29, 0.717) is 11.8 Å². The number of nitrogens with zero attached hydrogens (tertiary/aromatic N) is 4. The first-order valence-corrected chi connectivity index (χ1v) is 12.7. The third-order valence-electron chi connectivity index (χ3n) is 7.45. The van der Waals surface area contributed by atoms with Gasteiger partial charge in [0.05, 0.1) is 11.4 Å². The van der Waals surface area contributed by atoms with Crippen molar-refractivity contribution in [2.24, 2.45) is 5.92 Å². The zero-order valence-corrected chi connectivity index (χ0v) is 20.6. The fraction of sp³-hybridized carbons (Fsp3) is 0.333. The van der Waals surface area contributed by atoms with Crippen molar-refractivity contribution in [3.63, 3.8) is 0 Å². The molecule has 0 atom stereocenters. The van der Waals surface area contributed by atoms with Crippen LogP contribution in [-0.2, 0) is 11.3 Å². The second-order valence-corrected chi connectivity index (χ2v) is 10.1. The zero-order chi connectivity index (χ0) is 23.9. The molecule has 1 aliphatic carbocycles. The highest BCUT2D eigenvalue weighted by molar-refractivity contribution is 5.81. The number of piperazine rings is 1. The number of amides is 1. The Hall–Kier alpha value is -3.44. The van der Waals surface area contributed by atoms with E-state index in [0.717, 1.165) is 62.5 Å². The topological polar surface area (TPSA) is 40.9 Å². The van der Waals surface area contributed by atoms with Crippen LogP contribution in [0.25, 0.3) is 28.0 Å². The van der Waals surface area contributed by atoms with Gasteiger partial charge in [0.1, 0.15) is 5.65 Å². The predicted octanol–water partition coefficient (Wildman–Crippen LogP) is 5.34. The quantitative estimate of drug-likeness (QED) is 0.400. The van der Waals surface area contributed by atoms with Crippen LogP contribution in [0.1, 0.15) is 29.7 Å². The van der Waals surface area contributed by atoms with E-state index in [9.17, 15) is 4.79 Å². The van der Waals surface area contributed by atoms with Gasteiger partial charge in [-0.2, -0.15) is 0 Å². The number of aryl methyl sites for hydroxylation is 2. The Morgan fingerprint density at radius 2 is 1.69 bits per heavy atom. The maximum atomic E-state index is 12.5. The summed E-state index contributed by atoms with van der Waals surface area (Å²) in [5, 5.41) is 0. The molecular weight excluding hydrogens is 432 g/mol. The van der Waals surface area contributed by atoms with Gasteiger partial charge in [0.25, 0.3) is 0 Å². The van der Waals surface area contributed by atoms with Crippen LogP contribution < -0.4 is 0 Å². The Labute approximate surface area is 207 Å². The normalized spacial score (nSPS) is 16.7. The van der Waals surface area contributed by atoms with Crippen LogP contribution in [0, 0.1) is 19.8 Å². The summed E-state index contributed by atoms with van der Waals surface area (Å²) in [6.07, 6.45) is 4.40. The number of hydrogen-bond acceptors (Lipinski definition) is 3. The van der Waals surface area contributed by atoms with Crippen LogP contribution in [-0.4, -0.2) is 51.3 Å². The standard InChI is InChI=1S/C30H32N4O/c1-21-8-9-22(2)26(18-21)25-12-13-28-31-29(23-6-4-3-5-7-23)27(34(28)19-25)20-32-14-16-33(17-15-32)30(35)24-10-11-24/h3-9,12-13,18-19,24H,10-11,14-17,20H2,1-2H3. The molecule has 1 aliphatic heterocycles. The summed E-state index contributed by atoms with van der Waals surface area (Å²) in [7, 11) is 0. The van der Waals surface area contributed by atoms with E-state index in [1.165, 1.54) is 27.9 Å². The minimum Gasteiger partial charge on any atom is -0.340 e. The summed E-state index contributed by atoms with van der Waals surface area (Å²) in [4.78, 5) is 22.1. The van der Waals surface area contributed by atoms with Crippen LogP contribution in [0.4, 0.5) is 0 Å². The molecule has 0 N–H and O–H groups in total. The van der Waals surface area contributed by atoms with E-state index in [1.807, 2.05) is 6.07 Å². The first-order chi connectivity index (χ1) is 17.1. The summed E-state index contributed by atoms with van der Waals surface area (Å²) < 4.78 is 2.28. The zero-order valence-electron chi connectivity index (χ0n) is 20.6. The van der Waals surface area contributed by atoms with E-state index in [4.69, 9.17) is 4.98 Å². The maximum absolute atomic E-state index is 12.5. The number of benzene rings is 2. The largest absolute Gasteiger partial charge is 0.340 e. The molecular formula is C30H32N4O. The molecule has 2 fully saturated rings. The lowest BCUT2D eigenvalue weighted by molar-refractivity contribution is -0.134. The van der Waals surface area contributed by atoms with Crippen molar-refractivity contribution in [2.75, 3.05) is 26.2 Å². The first-order valence-electron chi connectivity index (χ1n) is 12.7. The lowest BCUT2D eigenvalue weighted by atomic mass is 10.00.